The van der Waals surface area contributed by atoms with Crippen LogP contribution in [0.5, 0.6) is 5.75 Å². The fourth-order valence-corrected chi connectivity index (χ4v) is 6.91. The summed E-state index contributed by atoms with van der Waals surface area (Å²) in [6, 6.07) is 21.7. The summed E-state index contributed by atoms with van der Waals surface area (Å²) < 4.78 is 53.9. The lowest BCUT2D eigenvalue weighted by molar-refractivity contribution is -0.150. The molecular formula is C29H30F3O3S+. The van der Waals surface area contributed by atoms with Crippen LogP contribution in [0.1, 0.15) is 50.2 Å². The van der Waals surface area contributed by atoms with Gasteiger partial charge in [-0.3, -0.25) is 0 Å². The average Bonchev–Trinajstić information content (AvgIpc) is 3.35. The van der Waals surface area contributed by atoms with Crippen LogP contribution in [0.4, 0.5) is 13.2 Å². The van der Waals surface area contributed by atoms with Crippen molar-refractivity contribution in [1.29, 1.82) is 0 Å². The molecule has 3 nitrogen and oxygen atoms in total. The summed E-state index contributed by atoms with van der Waals surface area (Å²) in [6.45, 7) is 3.17. The second-order valence-corrected chi connectivity index (χ2v) is 11.1. The zero-order valence-corrected chi connectivity index (χ0v) is 21.3. The Balaban J connectivity index is 1.68. The van der Waals surface area contributed by atoms with Crippen molar-refractivity contribution in [3.63, 3.8) is 0 Å². The van der Waals surface area contributed by atoms with Crippen molar-refractivity contribution in [3.8, 4) is 5.75 Å². The van der Waals surface area contributed by atoms with E-state index in [0.717, 1.165) is 48.0 Å². The van der Waals surface area contributed by atoms with E-state index in [0.29, 0.717) is 4.90 Å². The normalized spacial score (nSPS) is 15.3. The van der Waals surface area contributed by atoms with Gasteiger partial charge < -0.3 is 9.47 Å². The smallest absolute Gasteiger partial charge is 0.420 e. The maximum Gasteiger partial charge on any atom is 0.420 e. The molecule has 190 valence electrons. The zero-order valence-electron chi connectivity index (χ0n) is 20.4. The highest BCUT2D eigenvalue weighted by Gasteiger charge is 2.40. The second-order valence-electron chi connectivity index (χ2n) is 9.05. The molecule has 1 aliphatic carbocycles. The maximum absolute atomic E-state index is 14.3. The van der Waals surface area contributed by atoms with E-state index in [1.165, 1.54) is 0 Å². The van der Waals surface area contributed by atoms with Gasteiger partial charge in [0.25, 0.3) is 0 Å². The first-order valence-corrected chi connectivity index (χ1v) is 13.4. The highest BCUT2D eigenvalue weighted by molar-refractivity contribution is 7.97. The molecule has 1 aliphatic rings. The number of carbonyl (C=O) groups excluding carboxylic acids is 1. The fraction of sp³-hybridized carbons (Fsp3) is 0.345. The molecule has 0 atom stereocenters. The molecule has 36 heavy (non-hydrogen) atoms. The third-order valence-electron chi connectivity index (χ3n) is 6.62. The molecule has 0 bridgehead atoms. The fourth-order valence-electron chi connectivity index (χ4n) is 4.70. The Morgan fingerprint density at radius 2 is 1.47 bits per heavy atom. The van der Waals surface area contributed by atoms with Crippen molar-refractivity contribution < 1.29 is 27.4 Å². The molecule has 0 aromatic heterocycles. The average molecular weight is 516 g/mol. The van der Waals surface area contributed by atoms with E-state index in [1.54, 1.807) is 13.0 Å². The van der Waals surface area contributed by atoms with Crippen LogP contribution in [0, 0.1) is 6.92 Å². The third-order valence-corrected chi connectivity index (χ3v) is 8.81. The molecule has 0 spiro atoms. The molecule has 1 fully saturated rings. The number of esters is 1. The SMILES string of the molecule is CCC1(OCC(=O)Oc2c(C)cc([S+](c3ccccc3)c3ccccc3)cc2C(F)(F)F)CCCC1. The summed E-state index contributed by atoms with van der Waals surface area (Å²) in [7, 11) is -0.768. The third kappa shape index (κ3) is 5.95. The molecule has 4 rings (SSSR count). The summed E-state index contributed by atoms with van der Waals surface area (Å²) in [6.07, 6.45) is -0.211. The molecule has 3 aromatic carbocycles. The van der Waals surface area contributed by atoms with Gasteiger partial charge in [0.05, 0.1) is 16.5 Å². The van der Waals surface area contributed by atoms with E-state index in [2.05, 4.69) is 0 Å². The van der Waals surface area contributed by atoms with Gasteiger partial charge in [0.15, 0.2) is 14.7 Å². The van der Waals surface area contributed by atoms with Crippen LogP contribution in [-0.2, 0) is 26.6 Å². The van der Waals surface area contributed by atoms with Gasteiger partial charge in [0, 0.05) is 12.1 Å². The Kier molecular flexibility index (Phi) is 8.10. The number of benzene rings is 3. The van der Waals surface area contributed by atoms with Gasteiger partial charge in [-0.25, -0.2) is 4.79 Å². The maximum atomic E-state index is 14.3. The van der Waals surface area contributed by atoms with Gasteiger partial charge in [0.1, 0.15) is 17.9 Å². The minimum Gasteiger partial charge on any atom is -0.424 e. The summed E-state index contributed by atoms with van der Waals surface area (Å²) in [5.74, 6) is -1.28. The van der Waals surface area contributed by atoms with Crippen molar-refractivity contribution in [2.75, 3.05) is 6.61 Å². The van der Waals surface area contributed by atoms with Crippen molar-refractivity contribution in [2.45, 2.75) is 72.4 Å². The van der Waals surface area contributed by atoms with E-state index in [4.69, 9.17) is 9.47 Å². The van der Waals surface area contributed by atoms with Gasteiger partial charge >= 0.3 is 12.1 Å². The molecule has 0 amide bonds. The number of ether oxygens (including phenoxy) is 2. The Hall–Kier alpha value is -2.77. The van der Waals surface area contributed by atoms with Crippen LogP contribution in [0.2, 0.25) is 0 Å². The lowest BCUT2D eigenvalue weighted by Gasteiger charge is -2.27. The second kappa shape index (κ2) is 11.1. The first-order valence-electron chi connectivity index (χ1n) is 12.1. The topological polar surface area (TPSA) is 35.5 Å². The zero-order chi connectivity index (χ0) is 25.8. The molecule has 0 aliphatic heterocycles. The number of aryl methyl sites for hydroxylation is 1. The van der Waals surface area contributed by atoms with E-state index in [-0.39, 0.29) is 17.8 Å². The summed E-state index contributed by atoms with van der Waals surface area (Å²) in [5, 5.41) is 0. The number of hydrogen-bond donors (Lipinski definition) is 0. The molecule has 1 saturated carbocycles. The van der Waals surface area contributed by atoms with Gasteiger partial charge in [-0.15, -0.1) is 0 Å². The standard InChI is InChI=1S/C29H30F3O3S/c1-3-28(16-10-11-17-28)34-20-26(33)35-27-21(2)18-24(19-25(27)29(30,31)32)36(22-12-6-4-7-13-22)23-14-8-5-9-15-23/h4-9,12-15,18-19H,3,10-11,16-17,20H2,1-2H3/q+1. The number of carbonyl (C=O) groups is 1. The van der Waals surface area contributed by atoms with Gasteiger partial charge in [-0.1, -0.05) is 56.2 Å². The van der Waals surface area contributed by atoms with Crippen molar-refractivity contribution >= 4 is 16.9 Å². The van der Waals surface area contributed by atoms with Crippen LogP contribution in [-0.4, -0.2) is 18.2 Å². The Labute approximate surface area is 213 Å². The van der Waals surface area contributed by atoms with Gasteiger partial charge in [-0.05, 0) is 56.0 Å². The predicted molar refractivity (Wildman–Crippen MR) is 134 cm³/mol. The van der Waals surface area contributed by atoms with Gasteiger partial charge in [0.2, 0.25) is 0 Å². The minimum absolute atomic E-state index is 0.253. The number of hydrogen-bond acceptors (Lipinski definition) is 3. The summed E-state index contributed by atoms with van der Waals surface area (Å²) in [5.41, 5.74) is -1.09. The number of halogens is 3. The minimum atomic E-state index is -4.70. The molecule has 0 unspecified atom stereocenters. The molecule has 3 aromatic rings. The molecule has 0 heterocycles. The monoisotopic (exact) mass is 515 g/mol. The highest BCUT2D eigenvalue weighted by atomic mass is 32.2. The van der Waals surface area contributed by atoms with E-state index in [1.807, 2.05) is 67.6 Å². The molecule has 0 radical (unpaired) electrons. The van der Waals surface area contributed by atoms with E-state index in [9.17, 15) is 18.0 Å². The van der Waals surface area contributed by atoms with Crippen molar-refractivity contribution in [1.82, 2.24) is 0 Å². The lowest BCUT2D eigenvalue weighted by atomic mass is 9.99. The quantitative estimate of drug-likeness (QED) is 0.175. The van der Waals surface area contributed by atoms with Crippen LogP contribution < -0.4 is 4.74 Å². The van der Waals surface area contributed by atoms with Crippen molar-refractivity contribution in [2.24, 2.45) is 0 Å². The Morgan fingerprint density at radius 3 is 1.97 bits per heavy atom. The van der Waals surface area contributed by atoms with Crippen molar-refractivity contribution in [3.05, 3.63) is 83.9 Å². The Morgan fingerprint density at radius 1 is 0.917 bits per heavy atom. The number of alkyl halides is 3. The molecule has 0 N–H and O–H groups in total. The molecule has 7 heteroatoms. The van der Waals surface area contributed by atoms with E-state index >= 15 is 0 Å². The molecular weight excluding hydrogens is 485 g/mol. The van der Waals surface area contributed by atoms with Crippen LogP contribution in [0.25, 0.3) is 0 Å². The van der Waals surface area contributed by atoms with Crippen LogP contribution in [0.15, 0.2) is 87.5 Å². The first-order chi connectivity index (χ1) is 17.2. The largest absolute Gasteiger partial charge is 0.424 e. The van der Waals surface area contributed by atoms with Crippen LogP contribution >= 0.6 is 0 Å². The lowest BCUT2D eigenvalue weighted by Crippen LogP contribution is -2.32. The highest BCUT2D eigenvalue weighted by Crippen LogP contribution is 2.43. The first kappa shape index (κ1) is 26.3. The number of rotatable bonds is 8. The predicted octanol–water partition coefficient (Wildman–Crippen LogP) is 7.75. The van der Waals surface area contributed by atoms with Gasteiger partial charge in [-0.2, -0.15) is 13.2 Å². The summed E-state index contributed by atoms with van der Waals surface area (Å²) in [4.78, 5) is 14.9. The Bertz CT molecular complexity index is 1130. The summed E-state index contributed by atoms with van der Waals surface area (Å²) >= 11 is 0. The molecule has 0 saturated heterocycles. The van der Waals surface area contributed by atoms with Crippen LogP contribution in [0.3, 0.4) is 0 Å². The van der Waals surface area contributed by atoms with E-state index < -0.39 is 34.4 Å².